The highest BCUT2D eigenvalue weighted by atomic mass is 16.5. The summed E-state index contributed by atoms with van der Waals surface area (Å²) in [6.45, 7) is 4.56. The number of carbonyl (C=O) groups is 3. The van der Waals surface area contributed by atoms with Gasteiger partial charge in [0.25, 0.3) is 5.91 Å². The summed E-state index contributed by atoms with van der Waals surface area (Å²) in [5.74, 6) is 0.821. The van der Waals surface area contributed by atoms with E-state index in [4.69, 9.17) is 4.74 Å². The Balaban J connectivity index is 1.52. The van der Waals surface area contributed by atoms with Gasteiger partial charge in [-0.15, -0.1) is 0 Å². The van der Waals surface area contributed by atoms with Crippen LogP contribution in [0.1, 0.15) is 36.5 Å². The highest BCUT2D eigenvalue weighted by Crippen LogP contribution is 2.56. The lowest BCUT2D eigenvalue weighted by Gasteiger charge is -2.46. The van der Waals surface area contributed by atoms with Gasteiger partial charge in [0.1, 0.15) is 5.75 Å². The van der Waals surface area contributed by atoms with Crippen molar-refractivity contribution >= 4 is 17.7 Å². The molecule has 1 aromatic carbocycles. The van der Waals surface area contributed by atoms with E-state index in [1.54, 1.807) is 38.3 Å². The lowest BCUT2D eigenvalue weighted by Crippen LogP contribution is -2.53. The molecule has 0 aliphatic carbocycles. The van der Waals surface area contributed by atoms with Crippen molar-refractivity contribution in [2.75, 3.05) is 39.8 Å². The molecule has 1 N–H and O–H groups in total. The second kappa shape index (κ2) is 6.79. The van der Waals surface area contributed by atoms with Crippen LogP contribution in [0.15, 0.2) is 24.3 Å². The summed E-state index contributed by atoms with van der Waals surface area (Å²) in [5, 5.41) is 2.98. The zero-order chi connectivity index (χ0) is 19.9. The number of rotatable bonds is 2. The first kappa shape index (κ1) is 18.8. The van der Waals surface area contributed by atoms with E-state index in [1.165, 1.54) is 0 Å². The third-order valence-electron chi connectivity index (χ3n) is 7.03. The van der Waals surface area contributed by atoms with Crippen LogP contribution in [0.5, 0.6) is 5.75 Å². The number of likely N-dealkylation sites (tertiary alicyclic amines) is 2. The molecule has 7 heteroatoms. The predicted molar refractivity (Wildman–Crippen MR) is 103 cm³/mol. The Morgan fingerprint density at radius 3 is 2.25 bits per heavy atom. The average Bonchev–Trinajstić information content (AvgIpc) is 3.24. The molecule has 3 aliphatic rings. The maximum absolute atomic E-state index is 12.9. The Morgan fingerprint density at radius 2 is 1.71 bits per heavy atom. The monoisotopic (exact) mass is 385 g/mol. The fourth-order valence-electron chi connectivity index (χ4n) is 5.31. The van der Waals surface area contributed by atoms with Crippen LogP contribution in [0.25, 0.3) is 0 Å². The molecule has 150 valence electrons. The molecule has 28 heavy (non-hydrogen) atoms. The smallest absolute Gasteiger partial charge is 0.253 e. The summed E-state index contributed by atoms with van der Waals surface area (Å²) in [6, 6.07) is 7.14. The maximum atomic E-state index is 12.9. The fourth-order valence-corrected chi connectivity index (χ4v) is 5.31. The van der Waals surface area contributed by atoms with Gasteiger partial charge in [0, 0.05) is 50.6 Å². The molecule has 3 saturated heterocycles. The highest BCUT2D eigenvalue weighted by Gasteiger charge is 2.64. The molecule has 2 spiro atoms. The van der Waals surface area contributed by atoms with Gasteiger partial charge in [-0.05, 0) is 43.5 Å². The topological polar surface area (TPSA) is 79.0 Å². The van der Waals surface area contributed by atoms with E-state index in [0.29, 0.717) is 38.3 Å². The molecule has 3 amide bonds. The van der Waals surface area contributed by atoms with Crippen LogP contribution < -0.4 is 10.1 Å². The van der Waals surface area contributed by atoms with E-state index < -0.39 is 5.41 Å². The number of benzene rings is 1. The standard InChI is InChI=1S/C21H27N3O4/c1-15(25)24-13-20(21(14-24)7-10-22-19(21)27)8-11-23(12-9-20)18(26)16-3-5-17(28-2)6-4-16/h3-6H,7-14H2,1-2H3,(H,22,27)/t21-/m0/s1. The molecular formula is C21H27N3O4. The van der Waals surface area contributed by atoms with Crippen LogP contribution in [-0.2, 0) is 9.59 Å². The van der Waals surface area contributed by atoms with Gasteiger partial charge in [-0.3, -0.25) is 14.4 Å². The number of nitrogens with one attached hydrogen (secondary N) is 1. The Labute approximate surface area is 165 Å². The van der Waals surface area contributed by atoms with Gasteiger partial charge in [0.15, 0.2) is 0 Å². The van der Waals surface area contributed by atoms with Gasteiger partial charge >= 0.3 is 0 Å². The number of amides is 3. The fraction of sp³-hybridized carbons (Fsp3) is 0.571. The Kier molecular flexibility index (Phi) is 4.56. The first-order chi connectivity index (χ1) is 13.4. The molecular weight excluding hydrogens is 358 g/mol. The Morgan fingerprint density at radius 1 is 1.04 bits per heavy atom. The van der Waals surface area contributed by atoms with Crippen molar-refractivity contribution in [1.29, 1.82) is 0 Å². The molecule has 0 saturated carbocycles. The highest BCUT2D eigenvalue weighted by molar-refractivity contribution is 5.94. The summed E-state index contributed by atoms with van der Waals surface area (Å²) in [5.41, 5.74) is -0.106. The second-order valence-corrected chi connectivity index (χ2v) is 8.26. The van der Waals surface area contributed by atoms with Crippen molar-refractivity contribution in [1.82, 2.24) is 15.1 Å². The third kappa shape index (κ3) is 2.75. The van der Waals surface area contributed by atoms with Crippen LogP contribution in [0, 0.1) is 10.8 Å². The molecule has 0 unspecified atom stereocenters. The summed E-state index contributed by atoms with van der Waals surface area (Å²) in [6.07, 6.45) is 2.25. The largest absolute Gasteiger partial charge is 0.497 e. The molecule has 1 aromatic rings. The molecule has 3 aliphatic heterocycles. The first-order valence-corrected chi connectivity index (χ1v) is 9.88. The normalized spacial score (nSPS) is 26.0. The predicted octanol–water partition coefficient (Wildman–Crippen LogP) is 1.29. The first-order valence-electron chi connectivity index (χ1n) is 9.88. The molecule has 0 aromatic heterocycles. The summed E-state index contributed by atoms with van der Waals surface area (Å²) in [7, 11) is 1.60. The molecule has 3 fully saturated rings. The molecule has 1 atom stereocenters. The minimum Gasteiger partial charge on any atom is -0.497 e. The summed E-state index contributed by atoms with van der Waals surface area (Å²) >= 11 is 0. The van der Waals surface area contributed by atoms with Crippen LogP contribution in [-0.4, -0.2) is 67.4 Å². The number of hydrogen-bond acceptors (Lipinski definition) is 4. The molecule has 4 rings (SSSR count). The zero-order valence-electron chi connectivity index (χ0n) is 16.5. The second-order valence-electron chi connectivity index (χ2n) is 8.26. The van der Waals surface area contributed by atoms with E-state index >= 15 is 0 Å². The molecule has 0 bridgehead atoms. The maximum Gasteiger partial charge on any atom is 0.253 e. The number of nitrogens with zero attached hydrogens (tertiary/aromatic N) is 2. The number of ether oxygens (including phenoxy) is 1. The lowest BCUT2D eigenvalue weighted by atomic mass is 9.60. The Bertz CT molecular complexity index is 798. The summed E-state index contributed by atoms with van der Waals surface area (Å²) < 4.78 is 5.16. The van der Waals surface area contributed by atoms with Gasteiger partial charge < -0.3 is 19.9 Å². The van der Waals surface area contributed by atoms with Gasteiger partial charge in [-0.2, -0.15) is 0 Å². The van der Waals surface area contributed by atoms with E-state index in [2.05, 4.69) is 5.32 Å². The van der Waals surface area contributed by atoms with Crippen molar-refractivity contribution in [3.63, 3.8) is 0 Å². The van der Waals surface area contributed by atoms with Gasteiger partial charge in [0.05, 0.1) is 12.5 Å². The third-order valence-corrected chi connectivity index (χ3v) is 7.03. The number of methoxy groups -OCH3 is 1. The van der Waals surface area contributed by atoms with Gasteiger partial charge in [-0.25, -0.2) is 0 Å². The Hall–Kier alpha value is -2.57. The van der Waals surface area contributed by atoms with E-state index in [9.17, 15) is 14.4 Å². The van der Waals surface area contributed by atoms with Crippen molar-refractivity contribution in [2.24, 2.45) is 10.8 Å². The summed E-state index contributed by atoms with van der Waals surface area (Å²) in [4.78, 5) is 41.4. The van der Waals surface area contributed by atoms with Gasteiger partial charge in [0.2, 0.25) is 11.8 Å². The minimum atomic E-state index is -0.506. The molecule has 3 heterocycles. The van der Waals surface area contributed by atoms with E-state index in [1.807, 2.05) is 9.80 Å². The minimum absolute atomic E-state index is 0.00356. The quantitative estimate of drug-likeness (QED) is 0.832. The van der Waals surface area contributed by atoms with Crippen molar-refractivity contribution in [3.05, 3.63) is 29.8 Å². The molecule has 7 nitrogen and oxygen atoms in total. The van der Waals surface area contributed by atoms with Crippen molar-refractivity contribution < 1.29 is 19.1 Å². The van der Waals surface area contributed by atoms with Crippen molar-refractivity contribution in [3.8, 4) is 5.75 Å². The van der Waals surface area contributed by atoms with E-state index in [0.717, 1.165) is 25.0 Å². The lowest BCUT2D eigenvalue weighted by molar-refractivity contribution is -0.134. The zero-order valence-corrected chi connectivity index (χ0v) is 16.5. The van der Waals surface area contributed by atoms with Crippen LogP contribution in [0.4, 0.5) is 0 Å². The number of fused-ring (bicyclic) bond motifs is 1. The van der Waals surface area contributed by atoms with Crippen LogP contribution >= 0.6 is 0 Å². The van der Waals surface area contributed by atoms with Gasteiger partial charge in [-0.1, -0.05) is 0 Å². The van der Waals surface area contributed by atoms with Crippen LogP contribution in [0.3, 0.4) is 0 Å². The van der Waals surface area contributed by atoms with Crippen LogP contribution in [0.2, 0.25) is 0 Å². The number of piperidine rings is 1. The van der Waals surface area contributed by atoms with E-state index in [-0.39, 0.29) is 23.1 Å². The average molecular weight is 385 g/mol. The van der Waals surface area contributed by atoms with Crippen molar-refractivity contribution in [2.45, 2.75) is 26.2 Å². The SMILES string of the molecule is COc1ccc(C(=O)N2CCC3(CC2)CN(C(C)=O)C[C@]32CCNC2=O)cc1. The number of hydrogen-bond donors (Lipinski definition) is 1. The number of carbonyl (C=O) groups excluding carboxylic acids is 3. The molecule has 0 radical (unpaired) electrons.